The normalized spacial score (nSPS) is 13.5. The quantitative estimate of drug-likeness (QED) is 0.851. The summed E-state index contributed by atoms with van der Waals surface area (Å²) >= 11 is 0. The summed E-state index contributed by atoms with van der Waals surface area (Å²) in [6, 6.07) is 0.369. The topological polar surface area (TPSA) is 47.0 Å². The first kappa shape index (κ1) is 13.9. The van der Waals surface area contributed by atoms with E-state index in [4.69, 9.17) is 4.74 Å². The van der Waals surface area contributed by atoms with E-state index < -0.39 is 0 Å². The van der Waals surface area contributed by atoms with Crippen LogP contribution in [0.5, 0.6) is 5.88 Å². The van der Waals surface area contributed by atoms with E-state index in [-0.39, 0.29) is 5.41 Å². The van der Waals surface area contributed by atoms with Crippen molar-refractivity contribution in [3.63, 3.8) is 0 Å². The Morgan fingerprint density at radius 2 is 2.06 bits per heavy atom. The van der Waals surface area contributed by atoms with Gasteiger partial charge in [-0.2, -0.15) is 0 Å². The molecule has 0 amide bonds. The number of rotatable bonds is 5. The van der Waals surface area contributed by atoms with Crippen LogP contribution in [0.15, 0.2) is 12.4 Å². The molecule has 4 heteroatoms. The van der Waals surface area contributed by atoms with E-state index in [0.717, 1.165) is 12.1 Å². The summed E-state index contributed by atoms with van der Waals surface area (Å²) in [5, 5.41) is 3.33. The van der Waals surface area contributed by atoms with Gasteiger partial charge in [-0.05, 0) is 19.4 Å². The smallest absolute Gasteiger partial charge is 0.232 e. The van der Waals surface area contributed by atoms with E-state index in [2.05, 4.69) is 36.1 Å². The third kappa shape index (κ3) is 4.30. The van der Waals surface area contributed by atoms with Gasteiger partial charge in [0.1, 0.15) is 0 Å². The minimum absolute atomic E-state index is 0.193. The Bertz CT molecular complexity index is 347. The Balaban J connectivity index is 2.76. The number of likely N-dealkylation sites (N-methyl/N-ethyl adjacent to an activating group) is 1. The van der Waals surface area contributed by atoms with Crippen LogP contribution in [0.25, 0.3) is 0 Å². The molecule has 17 heavy (non-hydrogen) atoms. The second kappa shape index (κ2) is 5.96. The number of hydrogen-bond acceptors (Lipinski definition) is 4. The van der Waals surface area contributed by atoms with Gasteiger partial charge in [0.25, 0.3) is 0 Å². The summed E-state index contributed by atoms with van der Waals surface area (Å²) in [6.07, 6.45) is 4.31. The van der Waals surface area contributed by atoms with Gasteiger partial charge in [0.15, 0.2) is 0 Å². The van der Waals surface area contributed by atoms with Crippen LogP contribution < -0.4 is 10.1 Å². The zero-order valence-electron chi connectivity index (χ0n) is 11.4. The van der Waals surface area contributed by atoms with E-state index in [0.29, 0.717) is 18.5 Å². The van der Waals surface area contributed by atoms with Gasteiger partial charge >= 0.3 is 0 Å². The molecule has 0 bridgehead atoms. The molecule has 1 rings (SSSR count). The summed E-state index contributed by atoms with van der Waals surface area (Å²) in [5.41, 5.74) is 1.16. The van der Waals surface area contributed by atoms with Crippen molar-refractivity contribution in [1.82, 2.24) is 15.3 Å². The van der Waals surface area contributed by atoms with E-state index in [1.165, 1.54) is 0 Å². The van der Waals surface area contributed by atoms with Crippen molar-refractivity contribution in [3.8, 4) is 5.88 Å². The Morgan fingerprint density at radius 3 is 2.59 bits per heavy atom. The van der Waals surface area contributed by atoms with Crippen molar-refractivity contribution < 1.29 is 4.74 Å². The molecule has 0 aromatic carbocycles. The molecule has 4 nitrogen and oxygen atoms in total. The minimum Gasteiger partial charge on any atom is -0.477 e. The second-order valence-corrected chi connectivity index (χ2v) is 5.19. The van der Waals surface area contributed by atoms with Gasteiger partial charge < -0.3 is 10.1 Å². The summed E-state index contributed by atoms with van der Waals surface area (Å²) in [4.78, 5) is 8.60. The first-order valence-electron chi connectivity index (χ1n) is 6.08. The maximum Gasteiger partial charge on any atom is 0.232 e. The summed E-state index contributed by atoms with van der Waals surface area (Å²) in [7, 11) is 1.98. The predicted octanol–water partition coefficient (Wildman–Crippen LogP) is 2.05. The van der Waals surface area contributed by atoms with Crippen LogP contribution in [0.2, 0.25) is 0 Å². The van der Waals surface area contributed by atoms with Crippen molar-refractivity contribution in [3.05, 3.63) is 18.1 Å². The fourth-order valence-corrected chi connectivity index (χ4v) is 1.75. The molecule has 1 heterocycles. The molecule has 0 aliphatic heterocycles. The molecular formula is C13H23N3O. The summed E-state index contributed by atoms with van der Waals surface area (Å²) in [5.74, 6) is 0.605. The number of ether oxygens (including phenoxy) is 1. The summed E-state index contributed by atoms with van der Waals surface area (Å²) < 4.78 is 5.35. The average Bonchev–Trinajstić information content (AvgIpc) is 2.25. The molecule has 1 N–H and O–H groups in total. The van der Waals surface area contributed by atoms with Gasteiger partial charge in [0.2, 0.25) is 5.88 Å². The lowest BCUT2D eigenvalue weighted by Gasteiger charge is -2.30. The van der Waals surface area contributed by atoms with Gasteiger partial charge in [-0.15, -0.1) is 0 Å². The third-order valence-corrected chi connectivity index (χ3v) is 2.76. The van der Waals surface area contributed by atoms with Gasteiger partial charge in [0.05, 0.1) is 18.5 Å². The van der Waals surface area contributed by atoms with Crippen molar-refractivity contribution >= 4 is 0 Å². The standard InChI is InChI=1S/C13H23N3O/c1-6-17-12-9-15-8-10(16-12)7-11(14-5)13(2,3)4/h8-9,11,14H,6-7H2,1-5H3. The molecule has 1 atom stereocenters. The molecule has 1 unspecified atom stereocenters. The minimum atomic E-state index is 0.193. The highest BCUT2D eigenvalue weighted by atomic mass is 16.5. The molecule has 0 aliphatic carbocycles. The van der Waals surface area contributed by atoms with E-state index in [1.54, 1.807) is 12.4 Å². The monoisotopic (exact) mass is 237 g/mol. The van der Waals surface area contributed by atoms with Crippen LogP contribution in [0.4, 0.5) is 0 Å². The largest absolute Gasteiger partial charge is 0.477 e. The number of hydrogen-bond donors (Lipinski definition) is 1. The van der Waals surface area contributed by atoms with E-state index in [1.807, 2.05) is 14.0 Å². The fraction of sp³-hybridized carbons (Fsp3) is 0.692. The number of aromatic nitrogens is 2. The first-order valence-corrected chi connectivity index (χ1v) is 6.08. The zero-order chi connectivity index (χ0) is 12.9. The van der Waals surface area contributed by atoms with Gasteiger partial charge in [-0.25, -0.2) is 4.98 Å². The Kier molecular flexibility index (Phi) is 4.87. The SMILES string of the molecule is CCOc1cncc(CC(NC)C(C)(C)C)n1. The molecule has 0 aliphatic rings. The zero-order valence-corrected chi connectivity index (χ0v) is 11.4. The maximum atomic E-state index is 5.35. The van der Waals surface area contributed by atoms with Gasteiger partial charge in [-0.3, -0.25) is 4.98 Å². The van der Waals surface area contributed by atoms with E-state index in [9.17, 15) is 0 Å². The van der Waals surface area contributed by atoms with Gasteiger partial charge in [-0.1, -0.05) is 20.8 Å². The first-order chi connectivity index (χ1) is 7.97. The van der Waals surface area contributed by atoms with Crippen molar-refractivity contribution in [2.24, 2.45) is 5.41 Å². The van der Waals surface area contributed by atoms with Crippen LogP contribution in [0.3, 0.4) is 0 Å². The lowest BCUT2D eigenvalue weighted by molar-refractivity contribution is 0.276. The molecule has 96 valence electrons. The van der Waals surface area contributed by atoms with Gasteiger partial charge in [0, 0.05) is 18.7 Å². The molecule has 0 fully saturated rings. The highest BCUT2D eigenvalue weighted by molar-refractivity contribution is 5.10. The molecule has 1 aromatic rings. The van der Waals surface area contributed by atoms with Crippen molar-refractivity contribution in [1.29, 1.82) is 0 Å². The molecular weight excluding hydrogens is 214 g/mol. The molecule has 0 radical (unpaired) electrons. The van der Waals surface area contributed by atoms with Crippen LogP contribution >= 0.6 is 0 Å². The number of nitrogens with one attached hydrogen (secondary N) is 1. The highest BCUT2D eigenvalue weighted by Gasteiger charge is 2.23. The lowest BCUT2D eigenvalue weighted by Crippen LogP contribution is -2.40. The second-order valence-electron chi connectivity index (χ2n) is 5.19. The predicted molar refractivity (Wildman–Crippen MR) is 69.2 cm³/mol. The molecule has 0 saturated carbocycles. The summed E-state index contributed by atoms with van der Waals surface area (Å²) in [6.45, 7) is 9.21. The third-order valence-electron chi connectivity index (χ3n) is 2.76. The van der Waals surface area contributed by atoms with Crippen LogP contribution in [0, 0.1) is 5.41 Å². The highest BCUT2D eigenvalue weighted by Crippen LogP contribution is 2.22. The van der Waals surface area contributed by atoms with Crippen molar-refractivity contribution in [2.75, 3.05) is 13.7 Å². The van der Waals surface area contributed by atoms with Crippen molar-refractivity contribution in [2.45, 2.75) is 40.2 Å². The number of nitrogens with zero attached hydrogens (tertiary/aromatic N) is 2. The average molecular weight is 237 g/mol. The Morgan fingerprint density at radius 1 is 1.35 bits per heavy atom. The van der Waals surface area contributed by atoms with E-state index >= 15 is 0 Å². The van der Waals surface area contributed by atoms with Crippen LogP contribution in [-0.2, 0) is 6.42 Å². The molecule has 0 saturated heterocycles. The lowest BCUT2D eigenvalue weighted by atomic mass is 9.84. The Labute approximate surface area is 104 Å². The van der Waals surface area contributed by atoms with Crippen LogP contribution in [-0.4, -0.2) is 29.7 Å². The molecule has 0 spiro atoms. The van der Waals surface area contributed by atoms with Crippen LogP contribution in [0.1, 0.15) is 33.4 Å². The molecule has 1 aromatic heterocycles. The Hall–Kier alpha value is -1.16. The fourth-order valence-electron chi connectivity index (χ4n) is 1.75. The maximum absolute atomic E-state index is 5.35.